The zero-order chi connectivity index (χ0) is 10.1. The van der Waals surface area contributed by atoms with Crippen molar-refractivity contribution in [2.75, 3.05) is 13.2 Å². The summed E-state index contributed by atoms with van der Waals surface area (Å²) < 4.78 is 11.5. The fraction of sp³-hybridized carbons (Fsp3) is 0.300. The molecule has 74 valence electrons. The first-order chi connectivity index (χ1) is 6.70. The molecule has 0 saturated carbocycles. The second-order valence-electron chi connectivity index (χ2n) is 3.00. The van der Waals surface area contributed by atoms with E-state index >= 15 is 0 Å². The topological polar surface area (TPSA) is 35.5 Å². The number of hydrogen-bond acceptors (Lipinski definition) is 3. The highest BCUT2D eigenvalue weighted by molar-refractivity contribution is 9.10. The van der Waals surface area contributed by atoms with Crippen LogP contribution in [0, 0.1) is 0 Å². The summed E-state index contributed by atoms with van der Waals surface area (Å²) in [4.78, 5) is 11.4. The number of carbonyl (C=O) groups excluding carboxylic acids is 1. The van der Waals surface area contributed by atoms with Gasteiger partial charge in [-0.3, -0.25) is 4.79 Å². The molecule has 2 rings (SSSR count). The van der Waals surface area contributed by atoms with Crippen molar-refractivity contribution >= 4 is 21.7 Å². The average Bonchev–Trinajstić information content (AvgIpc) is 2.17. The Kier molecular flexibility index (Phi) is 2.46. The summed E-state index contributed by atoms with van der Waals surface area (Å²) >= 11 is 3.32. The predicted molar refractivity (Wildman–Crippen MR) is 55.1 cm³/mol. The molecule has 1 aromatic carbocycles. The van der Waals surface area contributed by atoms with Crippen molar-refractivity contribution in [1.82, 2.24) is 0 Å². The molecule has 0 aliphatic carbocycles. The molecule has 0 fully saturated rings. The fourth-order valence-corrected chi connectivity index (χ4v) is 2.01. The molecule has 0 unspecified atom stereocenters. The summed E-state index contributed by atoms with van der Waals surface area (Å²) in [6.07, 6.45) is 0. The van der Waals surface area contributed by atoms with Gasteiger partial charge in [-0.25, -0.2) is 0 Å². The Morgan fingerprint density at radius 1 is 1.36 bits per heavy atom. The molecule has 0 atom stereocenters. The molecular weight excluding hydrogens is 248 g/mol. The molecule has 0 N–H and O–H groups in total. The molecule has 0 spiro atoms. The van der Waals surface area contributed by atoms with E-state index in [9.17, 15) is 4.79 Å². The minimum absolute atomic E-state index is 0.0285. The number of halogens is 1. The molecule has 3 nitrogen and oxygen atoms in total. The summed E-state index contributed by atoms with van der Waals surface area (Å²) in [6.45, 7) is 2.54. The van der Waals surface area contributed by atoms with E-state index in [1.807, 2.05) is 0 Å². The van der Waals surface area contributed by atoms with Crippen molar-refractivity contribution in [3.8, 4) is 11.5 Å². The van der Waals surface area contributed by atoms with Gasteiger partial charge in [-0.1, -0.05) is 0 Å². The molecule has 0 bridgehead atoms. The third kappa shape index (κ3) is 1.50. The first-order valence-electron chi connectivity index (χ1n) is 4.29. The molecule has 0 radical (unpaired) electrons. The van der Waals surface area contributed by atoms with Gasteiger partial charge in [0.2, 0.25) is 0 Å². The van der Waals surface area contributed by atoms with Gasteiger partial charge >= 0.3 is 0 Å². The summed E-state index contributed by atoms with van der Waals surface area (Å²) in [7, 11) is 0. The Labute approximate surface area is 90.1 Å². The largest absolute Gasteiger partial charge is 0.486 e. The van der Waals surface area contributed by atoms with Gasteiger partial charge in [-0.2, -0.15) is 0 Å². The van der Waals surface area contributed by atoms with Crippen LogP contribution in [0.1, 0.15) is 17.3 Å². The molecule has 14 heavy (non-hydrogen) atoms. The number of carbonyl (C=O) groups is 1. The maximum absolute atomic E-state index is 11.4. The molecule has 4 heteroatoms. The number of Topliss-reactive ketones (excluding diaryl/α,β-unsaturated/α-hetero) is 1. The van der Waals surface area contributed by atoms with Gasteiger partial charge in [-0.05, 0) is 35.0 Å². The van der Waals surface area contributed by atoms with Gasteiger partial charge in [0.25, 0.3) is 0 Å². The molecule has 1 aliphatic rings. The Morgan fingerprint density at radius 2 is 2.07 bits per heavy atom. The minimum Gasteiger partial charge on any atom is -0.486 e. The van der Waals surface area contributed by atoms with Gasteiger partial charge in [0.1, 0.15) is 13.2 Å². The molecule has 0 aromatic heterocycles. The number of benzene rings is 1. The van der Waals surface area contributed by atoms with Gasteiger partial charge in [0.05, 0.1) is 5.56 Å². The number of ether oxygens (including phenoxy) is 2. The van der Waals surface area contributed by atoms with Crippen molar-refractivity contribution in [2.24, 2.45) is 0 Å². The zero-order valence-corrected chi connectivity index (χ0v) is 9.26. The lowest BCUT2D eigenvalue weighted by molar-refractivity contribution is 0.100. The maximum atomic E-state index is 11.4. The van der Waals surface area contributed by atoms with Crippen LogP contribution in [0.4, 0.5) is 0 Å². The van der Waals surface area contributed by atoms with E-state index in [4.69, 9.17) is 9.47 Å². The van der Waals surface area contributed by atoms with Crippen LogP contribution in [0.2, 0.25) is 0 Å². The summed E-state index contributed by atoms with van der Waals surface area (Å²) in [5.74, 6) is 1.17. The van der Waals surface area contributed by atoms with Crippen molar-refractivity contribution in [1.29, 1.82) is 0 Å². The second kappa shape index (κ2) is 3.61. The highest BCUT2D eigenvalue weighted by Gasteiger charge is 2.20. The smallest absolute Gasteiger partial charge is 0.173 e. The van der Waals surface area contributed by atoms with Crippen molar-refractivity contribution in [2.45, 2.75) is 6.92 Å². The summed E-state index contributed by atoms with van der Waals surface area (Å²) in [6, 6.07) is 3.59. The van der Waals surface area contributed by atoms with Crippen LogP contribution in [0.3, 0.4) is 0 Å². The van der Waals surface area contributed by atoms with E-state index in [0.29, 0.717) is 30.3 Å². The standard InChI is InChI=1S/C10H9BrO3/c1-6(12)9-7(11)2-3-8-10(9)14-5-4-13-8/h2-3H,4-5H2,1H3. The first-order valence-corrected chi connectivity index (χ1v) is 5.08. The average molecular weight is 257 g/mol. The molecular formula is C10H9BrO3. The van der Waals surface area contributed by atoms with Crippen LogP contribution in [0.25, 0.3) is 0 Å². The second-order valence-corrected chi connectivity index (χ2v) is 3.86. The third-order valence-corrected chi connectivity index (χ3v) is 2.67. The Hall–Kier alpha value is -1.03. The monoisotopic (exact) mass is 256 g/mol. The lowest BCUT2D eigenvalue weighted by Gasteiger charge is -2.20. The number of hydrogen-bond donors (Lipinski definition) is 0. The number of ketones is 1. The maximum Gasteiger partial charge on any atom is 0.173 e. The van der Waals surface area contributed by atoms with Crippen LogP contribution in [0.5, 0.6) is 11.5 Å². The van der Waals surface area contributed by atoms with E-state index in [0.717, 1.165) is 4.47 Å². The van der Waals surface area contributed by atoms with E-state index in [1.54, 1.807) is 12.1 Å². The van der Waals surface area contributed by atoms with Gasteiger partial charge in [0, 0.05) is 4.47 Å². The highest BCUT2D eigenvalue weighted by atomic mass is 79.9. The lowest BCUT2D eigenvalue weighted by atomic mass is 10.1. The summed E-state index contributed by atoms with van der Waals surface area (Å²) in [5.41, 5.74) is 0.558. The van der Waals surface area contributed by atoms with Crippen molar-refractivity contribution in [3.05, 3.63) is 22.2 Å². The van der Waals surface area contributed by atoms with Gasteiger partial charge < -0.3 is 9.47 Å². The van der Waals surface area contributed by atoms with Crippen LogP contribution in [0.15, 0.2) is 16.6 Å². The first kappa shape index (κ1) is 9.52. The Morgan fingerprint density at radius 3 is 2.79 bits per heavy atom. The van der Waals surface area contributed by atoms with Gasteiger partial charge in [0.15, 0.2) is 17.3 Å². The van der Waals surface area contributed by atoms with Crippen molar-refractivity contribution in [3.63, 3.8) is 0 Å². The zero-order valence-electron chi connectivity index (χ0n) is 7.67. The molecule has 0 amide bonds. The van der Waals surface area contributed by atoms with Crippen LogP contribution >= 0.6 is 15.9 Å². The number of rotatable bonds is 1. The third-order valence-electron chi connectivity index (χ3n) is 2.01. The van der Waals surface area contributed by atoms with Crippen LogP contribution in [-0.4, -0.2) is 19.0 Å². The molecule has 1 aliphatic heterocycles. The van der Waals surface area contributed by atoms with E-state index in [1.165, 1.54) is 6.92 Å². The lowest BCUT2D eigenvalue weighted by Crippen LogP contribution is -2.17. The quantitative estimate of drug-likeness (QED) is 0.725. The van der Waals surface area contributed by atoms with E-state index < -0.39 is 0 Å². The fourth-order valence-electron chi connectivity index (χ4n) is 1.42. The van der Waals surface area contributed by atoms with E-state index in [-0.39, 0.29) is 5.78 Å². The Bertz CT molecular complexity index is 387. The molecule has 1 heterocycles. The Balaban J connectivity index is 2.60. The SMILES string of the molecule is CC(=O)c1c(Br)ccc2c1OCCO2. The molecule has 0 saturated heterocycles. The van der Waals surface area contributed by atoms with E-state index in [2.05, 4.69) is 15.9 Å². The van der Waals surface area contributed by atoms with Crippen LogP contribution < -0.4 is 9.47 Å². The highest BCUT2D eigenvalue weighted by Crippen LogP contribution is 2.38. The molecule has 1 aromatic rings. The number of fused-ring (bicyclic) bond motifs is 1. The van der Waals surface area contributed by atoms with Crippen LogP contribution in [-0.2, 0) is 0 Å². The van der Waals surface area contributed by atoms with Crippen molar-refractivity contribution < 1.29 is 14.3 Å². The predicted octanol–water partition coefficient (Wildman–Crippen LogP) is 2.42. The summed E-state index contributed by atoms with van der Waals surface area (Å²) in [5, 5.41) is 0. The van der Waals surface area contributed by atoms with Gasteiger partial charge in [-0.15, -0.1) is 0 Å². The minimum atomic E-state index is -0.0285. The normalized spacial score (nSPS) is 13.9.